The molecule has 0 spiro atoms. The summed E-state index contributed by atoms with van der Waals surface area (Å²) >= 11 is 0. The fraction of sp³-hybridized carbons (Fsp3) is 1.00. The average molecular weight is 254 g/mol. The van der Waals surface area contributed by atoms with Crippen LogP contribution in [0, 0.1) is 17.8 Å². The fourth-order valence-corrected chi connectivity index (χ4v) is 2.74. The van der Waals surface area contributed by atoms with Crippen molar-refractivity contribution in [2.75, 3.05) is 26.2 Å². The lowest BCUT2D eigenvalue weighted by Crippen LogP contribution is -2.45. The highest BCUT2D eigenvalue weighted by atomic mass is 15.2. The molecule has 18 heavy (non-hydrogen) atoms. The van der Waals surface area contributed by atoms with Crippen LogP contribution in [0.25, 0.3) is 0 Å². The zero-order valence-electron chi connectivity index (χ0n) is 13.2. The Morgan fingerprint density at radius 2 is 1.56 bits per heavy atom. The summed E-state index contributed by atoms with van der Waals surface area (Å²) in [4.78, 5) is 2.68. The maximum absolute atomic E-state index is 3.77. The van der Waals surface area contributed by atoms with Crippen LogP contribution in [-0.4, -0.2) is 37.1 Å². The van der Waals surface area contributed by atoms with E-state index in [1.54, 1.807) is 0 Å². The lowest BCUT2D eigenvalue weighted by Gasteiger charge is -2.31. The second-order valence-corrected chi connectivity index (χ2v) is 6.90. The van der Waals surface area contributed by atoms with E-state index < -0.39 is 0 Å². The van der Waals surface area contributed by atoms with Gasteiger partial charge in [0.2, 0.25) is 0 Å². The van der Waals surface area contributed by atoms with Crippen molar-refractivity contribution in [3.05, 3.63) is 0 Å². The second kappa shape index (κ2) is 8.16. The SMILES string of the molecule is CCCNC(CN(CC(C)C)CC(C)C)C1CC1. The van der Waals surface area contributed by atoms with Gasteiger partial charge in [-0.3, -0.25) is 0 Å². The van der Waals surface area contributed by atoms with Gasteiger partial charge in [0.15, 0.2) is 0 Å². The minimum Gasteiger partial charge on any atom is -0.312 e. The quantitative estimate of drug-likeness (QED) is 0.643. The van der Waals surface area contributed by atoms with Crippen molar-refractivity contribution in [2.24, 2.45) is 17.8 Å². The maximum Gasteiger partial charge on any atom is 0.0223 e. The van der Waals surface area contributed by atoms with E-state index in [1.165, 1.54) is 45.4 Å². The predicted octanol–water partition coefficient (Wildman–Crippen LogP) is 3.38. The van der Waals surface area contributed by atoms with E-state index in [2.05, 4.69) is 44.8 Å². The van der Waals surface area contributed by atoms with Gasteiger partial charge in [0.1, 0.15) is 0 Å². The van der Waals surface area contributed by atoms with Crippen LogP contribution in [0.3, 0.4) is 0 Å². The molecular weight excluding hydrogens is 220 g/mol. The Kier molecular flexibility index (Phi) is 7.25. The number of nitrogens with zero attached hydrogens (tertiary/aromatic N) is 1. The first kappa shape index (κ1) is 16.0. The summed E-state index contributed by atoms with van der Waals surface area (Å²) in [7, 11) is 0. The molecule has 1 saturated carbocycles. The van der Waals surface area contributed by atoms with E-state index >= 15 is 0 Å². The van der Waals surface area contributed by atoms with Gasteiger partial charge in [0.25, 0.3) is 0 Å². The Bertz CT molecular complexity index is 199. The molecule has 0 bridgehead atoms. The van der Waals surface area contributed by atoms with Crippen LogP contribution >= 0.6 is 0 Å². The Morgan fingerprint density at radius 1 is 1.00 bits per heavy atom. The summed E-state index contributed by atoms with van der Waals surface area (Å²) in [5.74, 6) is 2.50. The van der Waals surface area contributed by atoms with Gasteiger partial charge in [0.05, 0.1) is 0 Å². The maximum atomic E-state index is 3.77. The average Bonchev–Trinajstić information content (AvgIpc) is 3.05. The van der Waals surface area contributed by atoms with Crippen molar-refractivity contribution in [1.82, 2.24) is 10.2 Å². The first-order valence-electron chi connectivity index (χ1n) is 7.98. The van der Waals surface area contributed by atoms with Crippen LogP contribution in [0.4, 0.5) is 0 Å². The Labute approximate surface area is 115 Å². The van der Waals surface area contributed by atoms with Crippen molar-refractivity contribution in [3.8, 4) is 0 Å². The van der Waals surface area contributed by atoms with Crippen LogP contribution < -0.4 is 5.32 Å². The van der Waals surface area contributed by atoms with Crippen molar-refractivity contribution in [1.29, 1.82) is 0 Å². The van der Waals surface area contributed by atoms with Gasteiger partial charge >= 0.3 is 0 Å². The zero-order valence-corrected chi connectivity index (χ0v) is 13.2. The summed E-state index contributed by atoms with van der Waals surface area (Å²) in [6.07, 6.45) is 4.13. The second-order valence-electron chi connectivity index (χ2n) is 6.90. The van der Waals surface area contributed by atoms with Crippen molar-refractivity contribution < 1.29 is 0 Å². The molecule has 1 fully saturated rings. The molecule has 0 aromatic carbocycles. The van der Waals surface area contributed by atoms with Gasteiger partial charge in [-0.15, -0.1) is 0 Å². The van der Waals surface area contributed by atoms with Crippen LogP contribution in [0.15, 0.2) is 0 Å². The molecule has 0 saturated heterocycles. The van der Waals surface area contributed by atoms with Crippen LogP contribution in [-0.2, 0) is 0 Å². The van der Waals surface area contributed by atoms with Gasteiger partial charge in [-0.1, -0.05) is 34.6 Å². The van der Waals surface area contributed by atoms with Gasteiger partial charge in [-0.2, -0.15) is 0 Å². The minimum absolute atomic E-state index is 0.738. The molecule has 1 unspecified atom stereocenters. The monoisotopic (exact) mass is 254 g/mol. The van der Waals surface area contributed by atoms with Crippen LogP contribution in [0.2, 0.25) is 0 Å². The molecule has 2 heteroatoms. The topological polar surface area (TPSA) is 15.3 Å². The molecular formula is C16H34N2. The van der Waals surface area contributed by atoms with Gasteiger partial charge in [0, 0.05) is 25.7 Å². The van der Waals surface area contributed by atoms with Gasteiger partial charge < -0.3 is 10.2 Å². The van der Waals surface area contributed by atoms with E-state index in [0.717, 1.165) is 23.8 Å². The summed E-state index contributed by atoms with van der Waals surface area (Å²) in [5, 5.41) is 3.77. The summed E-state index contributed by atoms with van der Waals surface area (Å²) in [6, 6.07) is 0.738. The molecule has 1 N–H and O–H groups in total. The fourth-order valence-electron chi connectivity index (χ4n) is 2.74. The number of hydrogen-bond donors (Lipinski definition) is 1. The van der Waals surface area contributed by atoms with E-state index in [-0.39, 0.29) is 0 Å². The third-order valence-electron chi connectivity index (χ3n) is 3.55. The highest BCUT2D eigenvalue weighted by molar-refractivity contribution is 4.88. The number of hydrogen-bond acceptors (Lipinski definition) is 2. The largest absolute Gasteiger partial charge is 0.312 e. The molecule has 0 radical (unpaired) electrons. The highest BCUT2D eigenvalue weighted by Crippen LogP contribution is 2.33. The normalized spacial score (nSPS) is 18.0. The minimum atomic E-state index is 0.738. The van der Waals surface area contributed by atoms with Crippen molar-refractivity contribution in [2.45, 2.75) is 59.9 Å². The molecule has 1 atom stereocenters. The third kappa shape index (κ3) is 6.75. The van der Waals surface area contributed by atoms with E-state index in [4.69, 9.17) is 0 Å². The number of rotatable bonds is 10. The van der Waals surface area contributed by atoms with Crippen LogP contribution in [0.5, 0.6) is 0 Å². The molecule has 0 amide bonds. The van der Waals surface area contributed by atoms with Crippen molar-refractivity contribution >= 4 is 0 Å². The molecule has 0 heterocycles. The van der Waals surface area contributed by atoms with E-state index in [1.807, 2.05) is 0 Å². The lowest BCUT2D eigenvalue weighted by molar-refractivity contribution is 0.190. The molecule has 108 valence electrons. The third-order valence-corrected chi connectivity index (χ3v) is 3.55. The molecule has 0 aliphatic heterocycles. The van der Waals surface area contributed by atoms with Gasteiger partial charge in [-0.25, -0.2) is 0 Å². The highest BCUT2D eigenvalue weighted by Gasteiger charge is 2.31. The Morgan fingerprint density at radius 3 is 1.94 bits per heavy atom. The van der Waals surface area contributed by atoms with E-state index in [0.29, 0.717) is 0 Å². The molecule has 2 nitrogen and oxygen atoms in total. The zero-order chi connectivity index (χ0) is 13.5. The summed E-state index contributed by atoms with van der Waals surface area (Å²) < 4.78 is 0. The molecule has 0 aromatic heterocycles. The first-order valence-corrected chi connectivity index (χ1v) is 7.98. The molecule has 1 aliphatic carbocycles. The standard InChI is InChI=1S/C16H34N2/c1-6-9-17-16(15-7-8-15)12-18(10-13(2)3)11-14(4)5/h13-17H,6-12H2,1-5H3. The molecule has 1 aliphatic rings. The van der Waals surface area contributed by atoms with Gasteiger partial charge in [-0.05, 0) is 43.6 Å². The molecule has 1 rings (SSSR count). The number of nitrogens with one attached hydrogen (secondary N) is 1. The smallest absolute Gasteiger partial charge is 0.0223 e. The predicted molar refractivity (Wildman–Crippen MR) is 80.9 cm³/mol. The first-order chi connectivity index (χ1) is 8.52. The lowest BCUT2D eigenvalue weighted by atomic mass is 10.1. The van der Waals surface area contributed by atoms with Crippen LogP contribution in [0.1, 0.15) is 53.9 Å². The summed E-state index contributed by atoms with van der Waals surface area (Å²) in [6.45, 7) is 16.5. The van der Waals surface area contributed by atoms with E-state index in [9.17, 15) is 0 Å². The summed E-state index contributed by atoms with van der Waals surface area (Å²) in [5.41, 5.74) is 0. The van der Waals surface area contributed by atoms with Crippen molar-refractivity contribution in [3.63, 3.8) is 0 Å². The molecule has 0 aromatic rings. The Hall–Kier alpha value is -0.0800. The Balaban J connectivity index is 2.43.